The third-order valence-electron chi connectivity index (χ3n) is 3.34. The molecule has 148 valence electrons. The van der Waals surface area contributed by atoms with Crippen molar-refractivity contribution >= 4 is 33.3 Å². The van der Waals surface area contributed by atoms with E-state index in [9.17, 15) is 28.1 Å². The average Bonchev–Trinajstić information content (AvgIpc) is 2.52. The van der Waals surface area contributed by atoms with Gasteiger partial charge in [-0.25, -0.2) is 18.0 Å². The minimum absolute atomic E-state index is 0.0848. The van der Waals surface area contributed by atoms with Crippen LogP contribution in [0.4, 0.5) is 11.4 Å². The van der Waals surface area contributed by atoms with E-state index < -0.39 is 32.3 Å². The Kier molecular flexibility index (Phi) is 6.88. The van der Waals surface area contributed by atoms with E-state index in [1.54, 1.807) is 0 Å². The highest BCUT2D eigenvalue weighted by atomic mass is 32.2. The molecule has 1 rings (SSSR count). The lowest BCUT2D eigenvalue weighted by atomic mass is 10.0. The highest BCUT2D eigenvalue weighted by Crippen LogP contribution is 2.30. The molecule has 0 bridgehead atoms. The predicted octanol–water partition coefficient (Wildman–Crippen LogP) is 1.18. The molecule has 0 saturated carbocycles. The number of sulfonamides is 1. The summed E-state index contributed by atoms with van der Waals surface area (Å²) in [5, 5.41) is 11.0. The summed E-state index contributed by atoms with van der Waals surface area (Å²) in [6.45, 7) is 3.79. The Labute approximate surface area is 155 Å². The Morgan fingerprint density at radius 1 is 1.37 bits per heavy atom. The number of carbonyl (C=O) groups is 2. The Morgan fingerprint density at radius 3 is 2.44 bits per heavy atom. The molecule has 0 aliphatic carbocycles. The molecule has 0 saturated heterocycles. The van der Waals surface area contributed by atoms with Gasteiger partial charge < -0.3 is 15.2 Å². The SMILES string of the molecule is COC(=O)c1c(NS(=O)(=O)C(C)OC(=O)/C=C(\C)N)ccc([N+](=O)[O-])c1C. The van der Waals surface area contributed by atoms with E-state index in [1.165, 1.54) is 13.8 Å². The number of anilines is 1. The van der Waals surface area contributed by atoms with Crippen LogP contribution < -0.4 is 10.5 Å². The molecule has 0 aromatic heterocycles. The van der Waals surface area contributed by atoms with Gasteiger partial charge in [-0.3, -0.25) is 14.8 Å². The van der Waals surface area contributed by atoms with E-state index in [-0.39, 0.29) is 28.2 Å². The van der Waals surface area contributed by atoms with Crippen LogP contribution in [0, 0.1) is 17.0 Å². The number of esters is 2. The number of rotatable bonds is 7. The minimum Gasteiger partial charge on any atom is -0.465 e. The quantitative estimate of drug-likeness (QED) is 0.295. The van der Waals surface area contributed by atoms with E-state index in [0.717, 1.165) is 32.2 Å². The Morgan fingerprint density at radius 2 is 1.96 bits per heavy atom. The molecule has 1 aromatic carbocycles. The maximum atomic E-state index is 12.4. The van der Waals surface area contributed by atoms with E-state index in [0.29, 0.717) is 0 Å². The van der Waals surface area contributed by atoms with Gasteiger partial charge in [-0.05, 0) is 26.8 Å². The molecule has 12 heteroatoms. The lowest BCUT2D eigenvalue weighted by molar-refractivity contribution is -0.385. The Balaban J connectivity index is 3.28. The number of carbonyl (C=O) groups excluding carboxylic acids is 2. The lowest BCUT2D eigenvalue weighted by Crippen LogP contribution is -2.30. The first kappa shape index (κ1) is 21.9. The molecule has 11 nitrogen and oxygen atoms in total. The first-order chi connectivity index (χ1) is 12.4. The van der Waals surface area contributed by atoms with Gasteiger partial charge >= 0.3 is 11.9 Å². The van der Waals surface area contributed by atoms with Gasteiger partial charge in [0.15, 0.2) is 0 Å². The number of benzene rings is 1. The van der Waals surface area contributed by atoms with E-state index >= 15 is 0 Å². The molecule has 0 fully saturated rings. The fraction of sp³-hybridized carbons (Fsp3) is 0.333. The van der Waals surface area contributed by atoms with Crippen molar-refractivity contribution in [3.63, 3.8) is 0 Å². The number of nitrogens with two attached hydrogens (primary N) is 1. The van der Waals surface area contributed by atoms with Crippen molar-refractivity contribution in [2.24, 2.45) is 5.73 Å². The largest absolute Gasteiger partial charge is 0.465 e. The number of hydrogen-bond acceptors (Lipinski definition) is 9. The molecule has 1 atom stereocenters. The molecule has 1 unspecified atom stereocenters. The summed E-state index contributed by atoms with van der Waals surface area (Å²) in [5.41, 5.74) is 2.75. The molecule has 0 radical (unpaired) electrons. The fourth-order valence-corrected chi connectivity index (χ4v) is 2.90. The second-order valence-corrected chi connectivity index (χ2v) is 7.38. The summed E-state index contributed by atoms with van der Waals surface area (Å²) in [5.74, 6) is -1.94. The number of nitro groups is 1. The third kappa shape index (κ3) is 5.41. The number of ether oxygens (including phenoxy) is 2. The maximum Gasteiger partial charge on any atom is 0.340 e. The van der Waals surface area contributed by atoms with E-state index in [1.807, 2.05) is 0 Å². The van der Waals surface area contributed by atoms with Crippen molar-refractivity contribution in [3.05, 3.63) is 45.1 Å². The van der Waals surface area contributed by atoms with Crippen molar-refractivity contribution < 1.29 is 32.4 Å². The minimum atomic E-state index is -4.30. The molecular weight excluding hydrogens is 382 g/mol. The molecule has 0 aliphatic rings. The molecule has 0 aliphatic heterocycles. The van der Waals surface area contributed by atoms with Crippen LogP contribution in [0.1, 0.15) is 29.8 Å². The molecule has 27 heavy (non-hydrogen) atoms. The summed E-state index contributed by atoms with van der Waals surface area (Å²) >= 11 is 0. The number of nitrogens with one attached hydrogen (secondary N) is 1. The van der Waals surface area contributed by atoms with Crippen LogP contribution in [0.2, 0.25) is 0 Å². The van der Waals surface area contributed by atoms with Gasteiger partial charge in [0.25, 0.3) is 15.7 Å². The van der Waals surface area contributed by atoms with Gasteiger partial charge in [0.05, 0.1) is 23.3 Å². The van der Waals surface area contributed by atoms with Gasteiger partial charge in [-0.1, -0.05) is 0 Å². The van der Waals surface area contributed by atoms with Crippen LogP contribution in [0.15, 0.2) is 23.9 Å². The number of methoxy groups -OCH3 is 1. The average molecular weight is 401 g/mol. The normalized spacial score (nSPS) is 12.8. The van der Waals surface area contributed by atoms with Crippen LogP contribution in [-0.2, 0) is 24.3 Å². The standard InChI is InChI=1S/C15H19N3O8S/c1-8(16)7-13(19)26-10(3)27(23,24)17-11-5-6-12(18(21)22)9(2)14(11)15(20)25-4/h5-7,10,17H,16H2,1-4H3/b8-7+. The van der Waals surface area contributed by atoms with E-state index in [2.05, 4.69) is 9.46 Å². The zero-order valence-corrected chi connectivity index (χ0v) is 15.8. The van der Waals surface area contributed by atoms with Gasteiger partial charge in [0.2, 0.25) is 5.44 Å². The fourth-order valence-electron chi connectivity index (χ4n) is 2.03. The highest BCUT2D eigenvalue weighted by Gasteiger charge is 2.29. The van der Waals surface area contributed by atoms with Crippen molar-refractivity contribution in [3.8, 4) is 0 Å². The Bertz CT molecular complexity index is 904. The first-order valence-corrected chi connectivity index (χ1v) is 8.97. The van der Waals surface area contributed by atoms with Crippen LogP contribution in [0.5, 0.6) is 0 Å². The predicted molar refractivity (Wildman–Crippen MR) is 95.2 cm³/mol. The lowest BCUT2D eigenvalue weighted by Gasteiger charge is -2.17. The molecule has 0 amide bonds. The monoisotopic (exact) mass is 401 g/mol. The van der Waals surface area contributed by atoms with E-state index in [4.69, 9.17) is 10.5 Å². The highest BCUT2D eigenvalue weighted by molar-refractivity contribution is 7.93. The van der Waals surface area contributed by atoms with Crippen LogP contribution >= 0.6 is 0 Å². The third-order valence-corrected chi connectivity index (χ3v) is 4.81. The molecule has 0 heterocycles. The summed E-state index contributed by atoms with van der Waals surface area (Å²) in [4.78, 5) is 33.9. The molecule has 1 aromatic rings. The van der Waals surface area contributed by atoms with Gasteiger partial charge in [0, 0.05) is 23.4 Å². The second-order valence-electron chi connectivity index (χ2n) is 5.42. The summed E-state index contributed by atoms with van der Waals surface area (Å²) in [7, 11) is -3.25. The summed E-state index contributed by atoms with van der Waals surface area (Å²) < 4.78 is 36.2. The number of hydrogen-bond donors (Lipinski definition) is 2. The van der Waals surface area contributed by atoms with Gasteiger partial charge in [-0.15, -0.1) is 0 Å². The van der Waals surface area contributed by atoms with Crippen LogP contribution in [0.3, 0.4) is 0 Å². The van der Waals surface area contributed by atoms with Gasteiger partial charge in [-0.2, -0.15) is 0 Å². The number of nitrogens with zero attached hydrogens (tertiary/aromatic N) is 1. The number of allylic oxidation sites excluding steroid dienone is 1. The second kappa shape index (κ2) is 8.49. The zero-order valence-electron chi connectivity index (χ0n) is 15.0. The topological polar surface area (TPSA) is 168 Å². The molecule has 0 spiro atoms. The van der Waals surface area contributed by atoms with Crippen molar-refractivity contribution in [1.82, 2.24) is 0 Å². The zero-order chi connectivity index (χ0) is 20.9. The van der Waals surface area contributed by atoms with Crippen molar-refractivity contribution in [2.45, 2.75) is 26.2 Å². The smallest absolute Gasteiger partial charge is 0.340 e. The van der Waals surface area contributed by atoms with Crippen LogP contribution in [-0.4, -0.2) is 37.8 Å². The molecular formula is C15H19N3O8S. The summed E-state index contributed by atoms with van der Waals surface area (Å²) in [6.07, 6.45) is 0.905. The Hall–Kier alpha value is -3.15. The van der Waals surface area contributed by atoms with Gasteiger partial charge in [0.1, 0.15) is 0 Å². The van der Waals surface area contributed by atoms with Crippen LogP contribution in [0.25, 0.3) is 0 Å². The first-order valence-electron chi connectivity index (χ1n) is 7.43. The molecule has 3 N–H and O–H groups in total. The number of nitro benzene ring substituents is 1. The van der Waals surface area contributed by atoms with Crippen molar-refractivity contribution in [1.29, 1.82) is 0 Å². The summed E-state index contributed by atoms with van der Waals surface area (Å²) in [6, 6.07) is 2.09. The maximum absolute atomic E-state index is 12.4. The van der Waals surface area contributed by atoms with Crippen molar-refractivity contribution in [2.75, 3.05) is 11.8 Å².